The van der Waals surface area contributed by atoms with E-state index in [-0.39, 0.29) is 0 Å². The maximum absolute atomic E-state index is 5.27. The number of hydrogen-bond acceptors (Lipinski definition) is 2. The van der Waals surface area contributed by atoms with Gasteiger partial charge in [-0.25, -0.2) is 9.97 Å². The largest absolute Gasteiger partial charge is 0.228 e. The summed E-state index contributed by atoms with van der Waals surface area (Å²) in [6, 6.07) is 88.4. The van der Waals surface area contributed by atoms with Crippen LogP contribution in [0.25, 0.3) is 88.8 Å². The molecule has 0 radical (unpaired) electrons. The summed E-state index contributed by atoms with van der Waals surface area (Å²) >= 11 is 0. The Morgan fingerprint density at radius 3 is 1.43 bits per heavy atom. The average molecular weight is 817 g/mol. The SMILES string of the molecule is c1ccc(-c2cc(-c3ccc(-c4ccc([Si]5(c6ccccc6)c6ccccc6-c6ccccc65)cc4)cc3)nc(-c3cccc(-c4cc5ccccc5c5ccccc45)c3)n2)cc1. The summed E-state index contributed by atoms with van der Waals surface area (Å²) in [5.41, 5.74) is 12.3. The maximum Gasteiger partial charge on any atom is 0.180 e. The average Bonchev–Trinajstić information content (AvgIpc) is 3.68. The van der Waals surface area contributed by atoms with Gasteiger partial charge in [0.15, 0.2) is 13.9 Å². The third-order valence-electron chi connectivity index (χ3n) is 13.0. The first-order valence-corrected chi connectivity index (χ1v) is 23.6. The van der Waals surface area contributed by atoms with E-state index in [0.29, 0.717) is 5.82 Å². The van der Waals surface area contributed by atoms with Crippen LogP contribution in [0.3, 0.4) is 0 Å². The number of benzene rings is 10. The molecule has 0 saturated heterocycles. The van der Waals surface area contributed by atoms with E-state index in [1.807, 2.05) is 6.07 Å². The van der Waals surface area contributed by atoms with E-state index in [2.05, 4.69) is 237 Å². The van der Waals surface area contributed by atoms with Crippen LogP contribution in [0, 0.1) is 0 Å². The lowest BCUT2D eigenvalue weighted by atomic mass is 9.92. The molecule has 11 aromatic rings. The molecule has 0 spiro atoms. The number of hydrogen-bond donors (Lipinski definition) is 0. The molecule has 294 valence electrons. The molecular formula is C60H40N2Si. The van der Waals surface area contributed by atoms with Crippen LogP contribution in [-0.4, -0.2) is 18.0 Å². The molecule has 0 atom stereocenters. The van der Waals surface area contributed by atoms with Crippen molar-refractivity contribution in [2.24, 2.45) is 0 Å². The van der Waals surface area contributed by atoms with E-state index < -0.39 is 8.07 Å². The van der Waals surface area contributed by atoms with E-state index >= 15 is 0 Å². The van der Waals surface area contributed by atoms with Crippen LogP contribution >= 0.6 is 0 Å². The van der Waals surface area contributed by atoms with Crippen molar-refractivity contribution in [2.45, 2.75) is 0 Å². The topological polar surface area (TPSA) is 25.8 Å². The van der Waals surface area contributed by atoms with Gasteiger partial charge in [-0.3, -0.25) is 0 Å². The first kappa shape index (κ1) is 36.8. The van der Waals surface area contributed by atoms with Gasteiger partial charge in [-0.05, 0) is 93.9 Å². The molecule has 3 heteroatoms. The van der Waals surface area contributed by atoms with Gasteiger partial charge in [-0.15, -0.1) is 0 Å². The van der Waals surface area contributed by atoms with Crippen molar-refractivity contribution < 1.29 is 0 Å². The predicted octanol–water partition coefficient (Wildman–Crippen LogP) is 12.5. The van der Waals surface area contributed by atoms with Gasteiger partial charge in [-0.2, -0.15) is 0 Å². The summed E-state index contributed by atoms with van der Waals surface area (Å²) in [5.74, 6) is 0.699. The number of aromatic nitrogens is 2. The second-order valence-corrected chi connectivity index (χ2v) is 20.2. The van der Waals surface area contributed by atoms with Crippen LogP contribution in [0.15, 0.2) is 243 Å². The fourth-order valence-corrected chi connectivity index (χ4v) is 15.2. The zero-order valence-corrected chi connectivity index (χ0v) is 35.5. The molecule has 1 aliphatic rings. The zero-order chi connectivity index (χ0) is 41.7. The van der Waals surface area contributed by atoms with Crippen LogP contribution in [0.5, 0.6) is 0 Å². The summed E-state index contributed by atoms with van der Waals surface area (Å²) in [7, 11) is -2.53. The van der Waals surface area contributed by atoms with E-state index in [0.717, 1.165) is 33.6 Å². The highest BCUT2D eigenvalue weighted by atomic mass is 28.3. The van der Waals surface area contributed by atoms with Crippen LogP contribution in [0.1, 0.15) is 0 Å². The molecule has 0 N–H and O–H groups in total. The van der Waals surface area contributed by atoms with Gasteiger partial charge in [0.25, 0.3) is 0 Å². The summed E-state index contributed by atoms with van der Waals surface area (Å²) in [6.07, 6.45) is 0. The monoisotopic (exact) mass is 816 g/mol. The summed E-state index contributed by atoms with van der Waals surface area (Å²) < 4.78 is 0. The normalized spacial score (nSPS) is 12.6. The van der Waals surface area contributed by atoms with Crippen molar-refractivity contribution in [3.8, 4) is 67.3 Å². The zero-order valence-electron chi connectivity index (χ0n) is 34.5. The predicted molar refractivity (Wildman–Crippen MR) is 267 cm³/mol. The van der Waals surface area contributed by atoms with Gasteiger partial charge in [-0.1, -0.05) is 224 Å². The smallest absolute Gasteiger partial charge is 0.180 e. The summed E-state index contributed by atoms with van der Waals surface area (Å²) in [5, 5.41) is 10.7. The van der Waals surface area contributed by atoms with Crippen LogP contribution in [0.4, 0.5) is 0 Å². The van der Waals surface area contributed by atoms with E-state index in [1.54, 1.807) is 0 Å². The lowest BCUT2D eigenvalue weighted by Crippen LogP contribution is -2.72. The Balaban J connectivity index is 0.921. The maximum atomic E-state index is 5.27. The molecule has 2 heterocycles. The molecule has 0 bridgehead atoms. The van der Waals surface area contributed by atoms with Gasteiger partial charge in [0.1, 0.15) is 0 Å². The molecule has 0 unspecified atom stereocenters. The highest BCUT2D eigenvalue weighted by Crippen LogP contribution is 2.37. The van der Waals surface area contributed by atoms with E-state index in [1.165, 1.54) is 70.1 Å². The van der Waals surface area contributed by atoms with Crippen LogP contribution in [-0.2, 0) is 0 Å². The molecule has 1 aliphatic heterocycles. The van der Waals surface area contributed by atoms with Gasteiger partial charge in [0.2, 0.25) is 0 Å². The first-order chi connectivity index (χ1) is 31.2. The Morgan fingerprint density at radius 1 is 0.270 bits per heavy atom. The van der Waals surface area contributed by atoms with Crippen molar-refractivity contribution in [2.75, 3.05) is 0 Å². The minimum Gasteiger partial charge on any atom is -0.228 e. The Hall–Kier alpha value is -7.98. The third kappa shape index (κ3) is 6.16. The molecule has 12 rings (SSSR count). The molecule has 0 amide bonds. The fourth-order valence-electron chi connectivity index (χ4n) is 10.1. The van der Waals surface area contributed by atoms with Crippen molar-refractivity contribution in [1.82, 2.24) is 9.97 Å². The number of nitrogens with zero attached hydrogens (tertiary/aromatic N) is 2. The van der Waals surface area contributed by atoms with Gasteiger partial charge >= 0.3 is 0 Å². The number of fused-ring (bicyclic) bond motifs is 6. The highest BCUT2D eigenvalue weighted by molar-refractivity contribution is 7.22. The molecule has 2 nitrogen and oxygen atoms in total. The second kappa shape index (κ2) is 15.2. The lowest BCUT2D eigenvalue weighted by molar-refractivity contribution is 1.18. The molecular weight excluding hydrogens is 777 g/mol. The Labute approximate surface area is 368 Å². The lowest BCUT2D eigenvalue weighted by Gasteiger charge is -2.31. The van der Waals surface area contributed by atoms with E-state index in [9.17, 15) is 0 Å². The van der Waals surface area contributed by atoms with Crippen molar-refractivity contribution in [3.05, 3.63) is 243 Å². The second-order valence-electron chi connectivity index (χ2n) is 16.5. The Kier molecular flexibility index (Phi) is 8.87. The standard InChI is InChI=1S/C60H40N2Si/c1-3-16-43(17-4-1)56-40-57(62-60(61-56)47-20-15-19-45(38-47)55-39-46-18-7-8-23-50(46)51-24-9-10-25-52(51)55)44-32-30-41(31-33-44)42-34-36-49(37-35-42)63(48-21-5-2-6-22-48)58-28-13-11-26-53(58)54-27-12-14-29-59(54)63/h1-40H. The summed E-state index contributed by atoms with van der Waals surface area (Å²) in [6.45, 7) is 0. The first-order valence-electron chi connectivity index (χ1n) is 21.6. The van der Waals surface area contributed by atoms with Gasteiger partial charge in [0, 0.05) is 16.7 Å². The molecule has 0 aliphatic carbocycles. The Bertz CT molecular complexity index is 3440. The fraction of sp³-hybridized carbons (Fsp3) is 0. The van der Waals surface area contributed by atoms with Crippen molar-refractivity contribution in [1.29, 1.82) is 0 Å². The molecule has 0 saturated carbocycles. The van der Waals surface area contributed by atoms with Crippen LogP contribution < -0.4 is 20.7 Å². The minimum absolute atomic E-state index is 0.699. The van der Waals surface area contributed by atoms with Crippen LogP contribution in [0.2, 0.25) is 0 Å². The molecule has 63 heavy (non-hydrogen) atoms. The van der Waals surface area contributed by atoms with Gasteiger partial charge in [0.05, 0.1) is 11.4 Å². The van der Waals surface area contributed by atoms with Gasteiger partial charge < -0.3 is 0 Å². The molecule has 10 aromatic carbocycles. The molecule has 0 fully saturated rings. The van der Waals surface area contributed by atoms with Crippen molar-refractivity contribution in [3.63, 3.8) is 0 Å². The summed E-state index contributed by atoms with van der Waals surface area (Å²) in [4.78, 5) is 10.5. The highest BCUT2D eigenvalue weighted by Gasteiger charge is 2.48. The van der Waals surface area contributed by atoms with E-state index in [4.69, 9.17) is 9.97 Å². The quantitative estimate of drug-likeness (QED) is 0.118. The minimum atomic E-state index is -2.53. The Morgan fingerprint density at radius 2 is 0.746 bits per heavy atom. The van der Waals surface area contributed by atoms with Crippen molar-refractivity contribution >= 4 is 50.4 Å². The number of rotatable bonds is 7. The third-order valence-corrected chi connectivity index (χ3v) is 17.9. The molecule has 1 aromatic heterocycles.